The fourth-order valence-corrected chi connectivity index (χ4v) is 3.07. The molecule has 2 aromatic rings. The number of nitrogens with zero attached hydrogens (tertiary/aromatic N) is 3. The first-order chi connectivity index (χ1) is 12.7. The zero-order valence-corrected chi connectivity index (χ0v) is 15.4. The minimum atomic E-state index is -0.00231. The van der Waals surface area contributed by atoms with Gasteiger partial charge in [-0.05, 0) is 42.9 Å². The van der Waals surface area contributed by atoms with Gasteiger partial charge < -0.3 is 15.0 Å². The highest BCUT2D eigenvalue weighted by atomic mass is 16.5. The van der Waals surface area contributed by atoms with Crippen molar-refractivity contribution in [2.45, 2.75) is 26.2 Å². The molecule has 1 aliphatic rings. The van der Waals surface area contributed by atoms with E-state index in [9.17, 15) is 4.79 Å². The molecule has 138 valence electrons. The summed E-state index contributed by atoms with van der Waals surface area (Å²) in [4.78, 5) is 22.9. The van der Waals surface area contributed by atoms with Gasteiger partial charge in [-0.2, -0.15) is 0 Å². The fourth-order valence-electron chi connectivity index (χ4n) is 3.07. The molecule has 1 saturated heterocycles. The number of benzene rings is 1. The van der Waals surface area contributed by atoms with Crippen molar-refractivity contribution >= 4 is 11.7 Å². The molecule has 0 spiro atoms. The van der Waals surface area contributed by atoms with Gasteiger partial charge in [-0.3, -0.25) is 4.79 Å². The molecule has 0 atom stereocenters. The van der Waals surface area contributed by atoms with Crippen LogP contribution in [-0.4, -0.2) is 47.5 Å². The third kappa shape index (κ3) is 4.71. The third-order valence-electron chi connectivity index (χ3n) is 4.84. The second kappa shape index (κ2) is 8.65. The van der Waals surface area contributed by atoms with E-state index in [4.69, 9.17) is 4.74 Å². The number of amides is 1. The molecule has 2 heterocycles. The largest absolute Gasteiger partial charge is 0.497 e. The molecule has 3 rings (SSSR count). The number of aromatic nitrogens is 2. The molecule has 0 bridgehead atoms. The van der Waals surface area contributed by atoms with Gasteiger partial charge in [0.05, 0.1) is 7.11 Å². The number of ether oxygens (including phenoxy) is 1. The summed E-state index contributed by atoms with van der Waals surface area (Å²) in [5, 5.41) is 3.27. The van der Waals surface area contributed by atoms with Gasteiger partial charge in [-0.1, -0.05) is 19.1 Å². The maximum atomic E-state index is 12.6. The Morgan fingerprint density at radius 2 is 1.96 bits per heavy atom. The van der Waals surface area contributed by atoms with Crippen LogP contribution < -0.4 is 10.1 Å². The molecular formula is C20H26N4O2. The molecule has 0 aliphatic carbocycles. The third-order valence-corrected chi connectivity index (χ3v) is 4.84. The van der Waals surface area contributed by atoms with E-state index in [1.54, 1.807) is 13.2 Å². The van der Waals surface area contributed by atoms with Crippen LogP contribution in [0.15, 0.2) is 36.7 Å². The summed E-state index contributed by atoms with van der Waals surface area (Å²) in [6.45, 7) is 4.59. The summed E-state index contributed by atoms with van der Waals surface area (Å²) in [5.74, 6) is 2.23. The molecule has 1 N–H and O–H groups in total. The molecule has 1 amide bonds. The average molecular weight is 354 g/mol. The molecule has 6 nitrogen and oxygen atoms in total. The number of rotatable bonds is 6. The van der Waals surface area contributed by atoms with Crippen molar-refractivity contribution in [3.63, 3.8) is 0 Å². The zero-order valence-electron chi connectivity index (χ0n) is 15.4. The van der Waals surface area contributed by atoms with E-state index in [1.165, 1.54) is 11.9 Å². The van der Waals surface area contributed by atoms with Gasteiger partial charge in [0.1, 0.15) is 23.6 Å². The number of carbonyl (C=O) groups excluding carboxylic acids is 1. The molecule has 0 radical (unpaired) electrons. The highest BCUT2D eigenvalue weighted by Gasteiger charge is 2.22. The van der Waals surface area contributed by atoms with Crippen LogP contribution in [0.2, 0.25) is 0 Å². The van der Waals surface area contributed by atoms with Crippen LogP contribution in [-0.2, 0) is 6.42 Å². The van der Waals surface area contributed by atoms with Gasteiger partial charge in [-0.25, -0.2) is 9.97 Å². The van der Waals surface area contributed by atoms with E-state index in [0.29, 0.717) is 17.4 Å². The topological polar surface area (TPSA) is 67.3 Å². The molecule has 0 saturated carbocycles. The summed E-state index contributed by atoms with van der Waals surface area (Å²) in [5.41, 5.74) is 1.67. The Morgan fingerprint density at radius 1 is 1.23 bits per heavy atom. The molecule has 26 heavy (non-hydrogen) atoms. The predicted molar refractivity (Wildman–Crippen MR) is 102 cm³/mol. The van der Waals surface area contributed by atoms with Gasteiger partial charge >= 0.3 is 0 Å². The lowest BCUT2D eigenvalue weighted by atomic mass is 9.99. The Morgan fingerprint density at radius 3 is 2.65 bits per heavy atom. The Kier molecular flexibility index (Phi) is 6.04. The lowest BCUT2D eigenvalue weighted by Gasteiger charge is -2.30. The second-order valence-electron chi connectivity index (χ2n) is 6.79. The quantitative estimate of drug-likeness (QED) is 0.864. The zero-order chi connectivity index (χ0) is 18.4. The van der Waals surface area contributed by atoms with Crippen molar-refractivity contribution in [1.29, 1.82) is 0 Å². The van der Waals surface area contributed by atoms with Gasteiger partial charge in [0.25, 0.3) is 5.91 Å². The normalized spacial score (nSPS) is 14.9. The first-order valence-electron chi connectivity index (χ1n) is 9.14. The van der Waals surface area contributed by atoms with Crippen molar-refractivity contribution in [1.82, 2.24) is 14.9 Å². The number of anilines is 1. The van der Waals surface area contributed by atoms with Gasteiger partial charge in [0, 0.05) is 25.7 Å². The van der Waals surface area contributed by atoms with Gasteiger partial charge in [0.15, 0.2) is 0 Å². The smallest absolute Gasteiger partial charge is 0.272 e. The summed E-state index contributed by atoms with van der Waals surface area (Å²) in [6.07, 6.45) is 4.43. The number of likely N-dealkylation sites (tertiary alicyclic amines) is 1. The minimum Gasteiger partial charge on any atom is -0.497 e. The number of nitrogens with one attached hydrogen (secondary N) is 1. The van der Waals surface area contributed by atoms with Crippen molar-refractivity contribution in [2.75, 3.05) is 32.1 Å². The van der Waals surface area contributed by atoms with Crippen LogP contribution in [0, 0.1) is 5.92 Å². The summed E-state index contributed by atoms with van der Waals surface area (Å²) in [7, 11) is 1.66. The number of piperidine rings is 1. The predicted octanol–water partition coefficient (Wildman–Crippen LogP) is 3.01. The molecule has 1 aromatic heterocycles. The Balaban J connectivity index is 1.54. The van der Waals surface area contributed by atoms with Crippen molar-refractivity contribution in [3.05, 3.63) is 47.9 Å². The van der Waals surface area contributed by atoms with E-state index in [0.717, 1.165) is 44.6 Å². The average Bonchev–Trinajstić information content (AvgIpc) is 2.69. The van der Waals surface area contributed by atoms with Crippen molar-refractivity contribution in [3.8, 4) is 5.75 Å². The SMILES string of the molecule is COc1ccc(CCNc2cc(C(=O)N3CCC(C)CC3)ncn2)cc1. The first kappa shape index (κ1) is 18.2. The second-order valence-corrected chi connectivity index (χ2v) is 6.79. The highest BCUT2D eigenvalue weighted by molar-refractivity contribution is 5.92. The molecule has 1 aliphatic heterocycles. The van der Waals surface area contributed by atoms with E-state index in [1.807, 2.05) is 29.2 Å². The Bertz CT molecular complexity index is 725. The Hall–Kier alpha value is -2.63. The summed E-state index contributed by atoms with van der Waals surface area (Å²) in [6, 6.07) is 9.75. The van der Waals surface area contributed by atoms with Crippen LogP contribution >= 0.6 is 0 Å². The minimum absolute atomic E-state index is 0.00231. The molecule has 1 fully saturated rings. The molecule has 6 heteroatoms. The van der Waals surface area contributed by atoms with Crippen LogP contribution in [0.4, 0.5) is 5.82 Å². The standard InChI is InChI=1S/C20H26N4O2/c1-15-8-11-24(12-9-15)20(25)18-13-19(23-14-22-18)21-10-7-16-3-5-17(26-2)6-4-16/h3-6,13-15H,7-12H2,1-2H3,(H,21,22,23). The van der Waals surface area contributed by atoms with Gasteiger partial charge in [0.2, 0.25) is 0 Å². The van der Waals surface area contributed by atoms with Crippen LogP contribution in [0.3, 0.4) is 0 Å². The number of carbonyl (C=O) groups is 1. The molecule has 1 aromatic carbocycles. The number of methoxy groups -OCH3 is 1. The maximum Gasteiger partial charge on any atom is 0.272 e. The molecular weight excluding hydrogens is 328 g/mol. The van der Waals surface area contributed by atoms with Crippen molar-refractivity contribution < 1.29 is 9.53 Å². The van der Waals surface area contributed by atoms with Gasteiger partial charge in [-0.15, -0.1) is 0 Å². The maximum absolute atomic E-state index is 12.6. The summed E-state index contributed by atoms with van der Waals surface area (Å²) < 4.78 is 5.17. The Labute approximate surface area is 154 Å². The highest BCUT2D eigenvalue weighted by Crippen LogP contribution is 2.18. The molecule has 0 unspecified atom stereocenters. The van der Waals surface area contributed by atoms with Crippen LogP contribution in [0.5, 0.6) is 5.75 Å². The lowest BCUT2D eigenvalue weighted by molar-refractivity contribution is 0.0691. The first-order valence-corrected chi connectivity index (χ1v) is 9.14. The van der Waals surface area contributed by atoms with E-state index in [2.05, 4.69) is 22.2 Å². The fraction of sp³-hybridized carbons (Fsp3) is 0.450. The van der Waals surface area contributed by atoms with E-state index >= 15 is 0 Å². The summed E-state index contributed by atoms with van der Waals surface area (Å²) >= 11 is 0. The number of hydrogen-bond acceptors (Lipinski definition) is 5. The lowest BCUT2D eigenvalue weighted by Crippen LogP contribution is -2.38. The van der Waals surface area contributed by atoms with E-state index in [-0.39, 0.29) is 5.91 Å². The van der Waals surface area contributed by atoms with Crippen molar-refractivity contribution in [2.24, 2.45) is 5.92 Å². The monoisotopic (exact) mass is 354 g/mol. The van der Waals surface area contributed by atoms with E-state index < -0.39 is 0 Å². The van der Waals surface area contributed by atoms with Crippen LogP contribution in [0.25, 0.3) is 0 Å². The van der Waals surface area contributed by atoms with Crippen LogP contribution in [0.1, 0.15) is 35.8 Å². The number of hydrogen-bond donors (Lipinski definition) is 1.